The van der Waals surface area contributed by atoms with Gasteiger partial charge in [0, 0.05) is 32.2 Å². The number of methoxy groups -OCH3 is 1. The Kier molecular flexibility index (Phi) is 3.43. The molecule has 0 unspecified atom stereocenters. The van der Waals surface area contributed by atoms with Gasteiger partial charge in [0.15, 0.2) is 5.13 Å². The quantitative estimate of drug-likeness (QED) is 0.726. The number of nitrogens with zero attached hydrogens (tertiary/aromatic N) is 3. The minimum Gasteiger partial charge on any atom is -0.383 e. The topological polar surface area (TPSA) is 51.5 Å². The summed E-state index contributed by atoms with van der Waals surface area (Å²) in [6.45, 7) is 1.43. The Balaban J connectivity index is 1.81. The van der Waals surface area contributed by atoms with Crippen molar-refractivity contribution in [2.75, 3.05) is 25.6 Å². The van der Waals surface area contributed by atoms with Gasteiger partial charge in [0.1, 0.15) is 11.3 Å². The van der Waals surface area contributed by atoms with E-state index in [2.05, 4.69) is 15.3 Å². The highest BCUT2D eigenvalue weighted by atomic mass is 32.1. The second kappa shape index (κ2) is 5.38. The van der Waals surface area contributed by atoms with Crippen LogP contribution < -0.4 is 5.32 Å². The molecule has 0 atom stereocenters. The number of aromatic nitrogens is 3. The molecule has 0 spiro atoms. The summed E-state index contributed by atoms with van der Waals surface area (Å²) < 4.78 is 7.00. The van der Waals surface area contributed by atoms with Gasteiger partial charge in [0.2, 0.25) is 0 Å². The zero-order chi connectivity index (χ0) is 13.1. The fraction of sp³-hybridized carbons (Fsp3) is 0.231. The molecule has 3 heterocycles. The van der Waals surface area contributed by atoms with Crippen LogP contribution in [-0.4, -0.2) is 34.6 Å². The van der Waals surface area contributed by atoms with Crippen molar-refractivity contribution in [1.29, 1.82) is 0 Å². The fourth-order valence-electron chi connectivity index (χ4n) is 1.79. The minimum absolute atomic E-state index is 0.670. The summed E-state index contributed by atoms with van der Waals surface area (Å²) in [7, 11) is 1.69. The molecule has 19 heavy (non-hydrogen) atoms. The molecule has 3 aromatic heterocycles. The Morgan fingerprint density at radius 1 is 1.42 bits per heavy atom. The largest absolute Gasteiger partial charge is 0.383 e. The second-order valence-corrected chi connectivity index (χ2v) is 5.07. The first-order chi connectivity index (χ1) is 9.36. The van der Waals surface area contributed by atoms with Crippen molar-refractivity contribution >= 4 is 22.1 Å². The van der Waals surface area contributed by atoms with E-state index < -0.39 is 0 Å². The molecule has 98 valence electrons. The molecule has 0 radical (unpaired) electrons. The molecule has 0 aliphatic heterocycles. The molecule has 6 heteroatoms. The molecule has 3 aromatic rings. The van der Waals surface area contributed by atoms with Gasteiger partial charge in [0.25, 0.3) is 0 Å². The SMILES string of the molecule is COCCNc1ncc(-c2cn3ccccc3n2)s1. The van der Waals surface area contributed by atoms with Crippen LogP contribution in [0.1, 0.15) is 0 Å². The highest BCUT2D eigenvalue weighted by Crippen LogP contribution is 2.28. The minimum atomic E-state index is 0.670. The van der Waals surface area contributed by atoms with Gasteiger partial charge in [-0.15, -0.1) is 0 Å². The number of anilines is 1. The van der Waals surface area contributed by atoms with Crippen LogP contribution in [0.25, 0.3) is 16.2 Å². The Hall–Kier alpha value is -1.92. The van der Waals surface area contributed by atoms with Crippen molar-refractivity contribution in [2.45, 2.75) is 0 Å². The fourth-order valence-corrected chi connectivity index (χ4v) is 2.58. The summed E-state index contributed by atoms with van der Waals surface area (Å²) in [4.78, 5) is 9.97. The van der Waals surface area contributed by atoms with Crippen molar-refractivity contribution < 1.29 is 4.74 Å². The number of hydrogen-bond acceptors (Lipinski definition) is 5. The molecular weight excluding hydrogens is 260 g/mol. The molecule has 0 aliphatic carbocycles. The van der Waals surface area contributed by atoms with Crippen LogP contribution in [-0.2, 0) is 4.74 Å². The third-order valence-corrected chi connectivity index (χ3v) is 3.68. The maximum Gasteiger partial charge on any atom is 0.183 e. The number of hydrogen-bond donors (Lipinski definition) is 1. The lowest BCUT2D eigenvalue weighted by molar-refractivity contribution is 0.211. The lowest BCUT2D eigenvalue weighted by atomic mass is 10.4. The number of pyridine rings is 1. The molecular formula is C13H14N4OS. The van der Waals surface area contributed by atoms with E-state index >= 15 is 0 Å². The lowest BCUT2D eigenvalue weighted by Crippen LogP contribution is -2.06. The molecule has 0 fully saturated rings. The van der Waals surface area contributed by atoms with Crippen LogP contribution in [0.5, 0.6) is 0 Å². The maximum absolute atomic E-state index is 4.99. The van der Waals surface area contributed by atoms with Crippen LogP contribution in [0.2, 0.25) is 0 Å². The third-order valence-electron chi connectivity index (χ3n) is 2.70. The first kappa shape index (κ1) is 12.1. The van der Waals surface area contributed by atoms with Crippen molar-refractivity contribution in [2.24, 2.45) is 0 Å². The zero-order valence-corrected chi connectivity index (χ0v) is 11.4. The monoisotopic (exact) mass is 274 g/mol. The molecule has 0 bridgehead atoms. The number of fused-ring (bicyclic) bond motifs is 1. The number of nitrogens with one attached hydrogen (secondary N) is 1. The zero-order valence-electron chi connectivity index (χ0n) is 10.5. The summed E-state index contributed by atoms with van der Waals surface area (Å²) in [5.41, 5.74) is 1.89. The van der Waals surface area contributed by atoms with E-state index in [0.29, 0.717) is 6.61 Å². The van der Waals surface area contributed by atoms with E-state index in [9.17, 15) is 0 Å². The van der Waals surface area contributed by atoms with Gasteiger partial charge < -0.3 is 14.5 Å². The lowest BCUT2D eigenvalue weighted by Gasteiger charge is -1.99. The average molecular weight is 274 g/mol. The van der Waals surface area contributed by atoms with Gasteiger partial charge in [0.05, 0.1) is 11.5 Å². The molecule has 0 saturated heterocycles. The molecule has 5 nitrogen and oxygen atoms in total. The molecule has 0 amide bonds. The van der Waals surface area contributed by atoms with E-state index in [1.807, 2.05) is 41.2 Å². The first-order valence-corrected chi connectivity index (χ1v) is 6.81. The van der Waals surface area contributed by atoms with Crippen LogP contribution in [0, 0.1) is 0 Å². The molecule has 1 N–H and O–H groups in total. The summed E-state index contributed by atoms with van der Waals surface area (Å²) >= 11 is 1.60. The summed E-state index contributed by atoms with van der Waals surface area (Å²) in [5, 5.41) is 4.11. The highest BCUT2D eigenvalue weighted by molar-refractivity contribution is 7.18. The number of imidazole rings is 1. The Morgan fingerprint density at radius 2 is 2.37 bits per heavy atom. The van der Waals surface area contributed by atoms with Crippen LogP contribution in [0.15, 0.2) is 36.8 Å². The Morgan fingerprint density at radius 3 is 3.21 bits per heavy atom. The van der Waals surface area contributed by atoms with Gasteiger partial charge in [-0.05, 0) is 12.1 Å². The van der Waals surface area contributed by atoms with Gasteiger partial charge in [-0.25, -0.2) is 9.97 Å². The van der Waals surface area contributed by atoms with E-state index in [4.69, 9.17) is 4.74 Å². The van der Waals surface area contributed by atoms with Gasteiger partial charge in [-0.2, -0.15) is 0 Å². The normalized spacial score (nSPS) is 11.0. The second-order valence-electron chi connectivity index (χ2n) is 4.04. The summed E-state index contributed by atoms with van der Waals surface area (Å²) in [6.07, 6.45) is 5.86. The predicted molar refractivity (Wildman–Crippen MR) is 76.7 cm³/mol. The van der Waals surface area contributed by atoms with Gasteiger partial charge in [-0.1, -0.05) is 17.4 Å². The van der Waals surface area contributed by atoms with Crippen LogP contribution in [0.3, 0.4) is 0 Å². The number of ether oxygens (including phenoxy) is 1. The molecule has 0 aliphatic rings. The van der Waals surface area contributed by atoms with E-state index in [1.54, 1.807) is 18.4 Å². The first-order valence-electron chi connectivity index (χ1n) is 5.99. The van der Waals surface area contributed by atoms with Crippen LogP contribution in [0.4, 0.5) is 5.13 Å². The molecule has 0 saturated carbocycles. The Labute approximate surface area is 114 Å². The molecule has 3 rings (SSSR count). The van der Waals surface area contributed by atoms with Crippen LogP contribution >= 0.6 is 11.3 Å². The number of rotatable bonds is 5. The highest BCUT2D eigenvalue weighted by Gasteiger charge is 2.08. The van der Waals surface area contributed by atoms with Gasteiger partial charge in [-0.3, -0.25) is 0 Å². The standard InChI is InChI=1S/C13H14N4OS/c1-18-7-5-14-13-15-8-11(19-13)10-9-17-6-3-2-4-12(17)16-10/h2-4,6,8-9H,5,7H2,1H3,(H,14,15). The van der Waals surface area contributed by atoms with E-state index in [1.165, 1.54) is 0 Å². The maximum atomic E-state index is 4.99. The van der Waals surface area contributed by atoms with Crippen molar-refractivity contribution in [3.05, 3.63) is 36.8 Å². The van der Waals surface area contributed by atoms with Crippen molar-refractivity contribution in [1.82, 2.24) is 14.4 Å². The molecule has 0 aromatic carbocycles. The third kappa shape index (κ3) is 2.59. The Bertz CT molecular complexity index is 643. The summed E-state index contributed by atoms with van der Waals surface area (Å²) in [6, 6.07) is 5.96. The smallest absolute Gasteiger partial charge is 0.183 e. The summed E-state index contributed by atoms with van der Waals surface area (Å²) in [5.74, 6) is 0. The van der Waals surface area contributed by atoms with E-state index in [-0.39, 0.29) is 0 Å². The van der Waals surface area contributed by atoms with Gasteiger partial charge >= 0.3 is 0 Å². The van der Waals surface area contributed by atoms with Crippen molar-refractivity contribution in [3.8, 4) is 10.6 Å². The average Bonchev–Trinajstić information content (AvgIpc) is 3.04. The predicted octanol–water partition coefficient (Wildman–Crippen LogP) is 2.52. The number of thiazole rings is 1. The van der Waals surface area contributed by atoms with E-state index in [0.717, 1.165) is 27.9 Å². The van der Waals surface area contributed by atoms with Crippen molar-refractivity contribution in [3.63, 3.8) is 0 Å².